The molecule has 2 heterocycles. The molecule has 1 fully saturated rings. The second-order valence-electron chi connectivity index (χ2n) is 6.35. The van der Waals surface area contributed by atoms with E-state index < -0.39 is 5.97 Å². The van der Waals surface area contributed by atoms with E-state index in [9.17, 15) is 9.90 Å². The van der Waals surface area contributed by atoms with Crippen molar-refractivity contribution in [3.63, 3.8) is 0 Å². The van der Waals surface area contributed by atoms with Gasteiger partial charge in [0, 0.05) is 12.6 Å². The molecule has 6 heteroatoms. The van der Waals surface area contributed by atoms with Gasteiger partial charge in [0.15, 0.2) is 0 Å². The molecule has 5 nitrogen and oxygen atoms in total. The molecule has 0 aliphatic carbocycles. The third-order valence-electron chi connectivity index (χ3n) is 4.96. The third kappa shape index (κ3) is 4.26. The Hall–Kier alpha value is 0.115. The van der Waals surface area contributed by atoms with Crippen molar-refractivity contribution in [2.45, 2.75) is 31.3 Å². The number of hydrogen-bond acceptors (Lipinski definition) is 3. The largest absolute Gasteiger partial charge is 1.00 e. The smallest absolute Gasteiger partial charge is 0.659 e. The first-order valence-electron chi connectivity index (χ1n) is 8.13. The van der Waals surface area contributed by atoms with Gasteiger partial charge in [-0.3, -0.25) is 4.90 Å². The first-order chi connectivity index (χ1) is 11.1. The summed E-state index contributed by atoms with van der Waals surface area (Å²) in [7, 11) is 2.00. The molecule has 2 unspecified atom stereocenters. The average molecular weight is 401 g/mol. The van der Waals surface area contributed by atoms with Crippen molar-refractivity contribution in [3.05, 3.63) is 46.3 Å². The van der Waals surface area contributed by atoms with Gasteiger partial charge in [-0.2, -0.15) is 0 Å². The number of rotatable bonds is 5. The Bertz CT molecular complexity index is 615. The summed E-state index contributed by atoms with van der Waals surface area (Å²) in [5.41, 5.74) is 3.62. The SMILES string of the molecule is CN1C2C[N-]CC1C(C(=O)O)=C(c1ccc(CCCO)cc1)C2.[Rb+]. The van der Waals surface area contributed by atoms with E-state index in [2.05, 4.69) is 10.2 Å². The molecule has 0 amide bonds. The zero-order valence-electron chi connectivity index (χ0n) is 14.4. The van der Waals surface area contributed by atoms with Crippen molar-refractivity contribution in [2.75, 3.05) is 26.7 Å². The van der Waals surface area contributed by atoms with E-state index in [0.29, 0.717) is 18.2 Å². The number of likely N-dealkylation sites (N-methyl/N-ethyl adjacent to an activating group) is 1. The van der Waals surface area contributed by atoms with Crippen LogP contribution in [0, 0.1) is 0 Å². The maximum absolute atomic E-state index is 11.8. The Morgan fingerprint density at radius 3 is 2.62 bits per heavy atom. The minimum Gasteiger partial charge on any atom is -0.659 e. The van der Waals surface area contributed by atoms with Gasteiger partial charge in [0.2, 0.25) is 0 Å². The topological polar surface area (TPSA) is 74.9 Å². The minimum atomic E-state index is -0.836. The van der Waals surface area contributed by atoms with Crippen LogP contribution in [-0.4, -0.2) is 59.9 Å². The summed E-state index contributed by atoms with van der Waals surface area (Å²) in [6.45, 7) is 1.53. The molecular weight excluding hydrogens is 378 g/mol. The van der Waals surface area contributed by atoms with Crippen molar-refractivity contribution in [1.29, 1.82) is 0 Å². The minimum absolute atomic E-state index is 0. The van der Waals surface area contributed by atoms with Crippen LogP contribution in [0.2, 0.25) is 0 Å². The Balaban J connectivity index is 0.00000208. The molecule has 3 rings (SSSR count). The van der Waals surface area contributed by atoms with E-state index >= 15 is 0 Å². The van der Waals surface area contributed by atoms with Gasteiger partial charge in [-0.25, -0.2) is 4.79 Å². The fraction of sp³-hybridized carbons (Fsp3) is 0.500. The molecule has 0 radical (unpaired) electrons. The molecule has 2 aliphatic heterocycles. The van der Waals surface area contributed by atoms with Crippen LogP contribution in [0.25, 0.3) is 10.9 Å². The van der Waals surface area contributed by atoms with Gasteiger partial charge in [-0.15, -0.1) is 13.1 Å². The maximum Gasteiger partial charge on any atom is 1.00 e. The summed E-state index contributed by atoms with van der Waals surface area (Å²) >= 11 is 0. The summed E-state index contributed by atoms with van der Waals surface area (Å²) in [5.74, 6) is -0.836. The van der Waals surface area contributed by atoms with Crippen LogP contribution in [0.15, 0.2) is 29.8 Å². The van der Waals surface area contributed by atoms with E-state index in [4.69, 9.17) is 5.11 Å². The van der Waals surface area contributed by atoms with Crippen molar-refractivity contribution >= 4 is 11.5 Å². The summed E-state index contributed by atoms with van der Waals surface area (Å²) in [6.07, 6.45) is 2.32. The van der Waals surface area contributed by atoms with Crippen LogP contribution < -0.4 is 58.2 Å². The predicted octanol–water partition coefficient (Wildman–Crippen LogP) is -1.09. The molecule has 2 bridgehead atoms. The number of piperazine rings is 1. The van der Waals surface area contributed by atoms with Gasteiger partial charge >= 0.3 is 64.2 Å². The van der Waals surface area contributed by atoms with Crippen LogP contribution in [-0.2, 0) is 11.2 Å². The molecule has 0 aromatic heterocycles. The maximum atomic E-state index is 11.8. The zero-order chi connectivity index (χ0) is 16.4. The zero-order valence-corrected chi connectivity index (χ0v) is 19.3. The van der Waals surface area contributed by atoms with Gasteiger partial charge in [0.1, 0.15) is 0 Å². The fourth-order valence-corrected chi connectivity index (χ4v) is 3.61. The molecule has 2 N–H and O–H groups in total. The van der Waals surface area contributed by atoms with Gasteiger partial charge in [0.05, 0.1) is 5.57 Å². The van der Waals surface area contributed by atoms with Crippen molar-refractivity contribution in [1.82, 2.24) is 4.90 Å². The van der Waals surface area contributed by atoms with E-state index in [0.717, 1.165) is 36.9 Å². The van der Waals surface area contributed by atoms with Crippen LogP contribution in [0.1, 0.15) is 24.0 Å². The second-order valence-corrected chi connectivity index (χ2v) is 6.35. The number of fused-ring (bicyclic) bond motifs is 2. The molecule has 0 spiro atoms. The summed E-state index contributed by atoms with van der Waals surface area (Å²) < 4.78 is 0. The molecule has 2 atom stereocenters. The van der Waals surface area contributed by atoms with E-state index in [-0.39, 0.29) is 70.8 Å². The number of hydrogen-bond donors (Lipinski definition) is 2. The molecule has 0 saturated carbocycles. The average Bonchev–Trinajstić information content (AvgIpc) is 2.53. The van der Waals surface area contributed by atoms with Crippen LogP contribution in [0.5, 0.6) is 0 Å². The molecule has 1 aromatic carbocycles. The van der Waals surface area contributed by atoms with E-state index in [1.54, 1.807) is 0 Å². The Morgan fingerprint density at radius 1 is 1.29 bits per heavy atom. The van der Waals surface area contributed by atoms with Gasteiger partial charge in [-0.05, 0) is 49.1 Å². The quantitative estimate of drug-likeness (QED) is 0.659. The Labute approximate surface area is 191 Å². The summed E-state index contributed by atoms with van der Waals surface area (Å²) in [4.78, 5) is 14.0. The number of nitrogens with zero attached hydrogens (tertiary/aromatic N) is 2. The number of aliphatic hydroxyl groups is 1. The molecule has 1 saturated heterocycles. The number of carbonyl (C=O) groups is 1. The third-order valence-corrected chi connectivity index (χ3v) is 4.96. The first-order valence-corrected chi connectivity index (χ1v) is 8.13. The van der Waals surface area contributed by atoms with Crippen LogP contribution in [0.3, 0.4) is 0 Å². The number of carboxylic acids is 1. The Morgan fingerprint density at radius 2 is 2.00 bits per heavy atom. The van der Waals surface area contributed by atoms with E-state index in [1.165, 1.54) is 5.56 Å². The van der Waals surface area contributed by atoms with Crippen molar-refractivity contribution in [3.8, 4) is 0 Å². The monoisotopic (exact) mass is 400 g/mol. The number of aliphatic hydroxyl groups excluding tert-OH is 1. The second kappa shape index (κ2) is 9.17. The summed E-state index contributed by atoms with van der Waals surface area (Å²) in [5, 5.41) is 23.1. The molecular formula is C18H23N2O3Rb. The number of carboxylic acid groups (broad SMARTS) is 1. The predicted molar refractivity (Wildman–Crippen MR) is 89.5 cm³/mol. The standard InChI is InChI=1S/C18H23N2O3.Rb/c1-20-14-9-15(17(18(22)23)16(20)11-19-10-14)13-6-4-12(5-7-13)3-2-8-21;/h4-7,14,16,21H,2-3,8-11H2,1H3,(H,22,23);/q-1;+1. The van der Waals surface area contributed by atoms with Gasteiger partial charge in [0.25, 0.3) is 0 Å². The first kappa shape index (κ1) is 20.4. The number of benzene rings is 1. The molecule has 2 aliphatic rings. The van der Waals surface area contributed by atoms with Gasteiger partial charge in [-0.1, -0.05) is 24.3 Å². The van der Waals surface area contributed by atoms with Crippen molar-refractivity contribution < 1.29 is 73.2 Å². The van der Waals surface area contributed by atoms with Gasteiger partial charge < -0.3 is 15.5 Å². The normalized spacial score (nSPS) is 23.8. The Kier molecular flexibility index (Phi) is 7.80. The molecule has 24 heavy (non-hydrogen) atoms. The summed E-state index contributed by atoms with van der Waals surface area (Å²) in [6, 6.07) is 8.28. The number of aliphatic carboxylic acids is 1. The van der Waals surface area contributed by atoms with Crippen LogP contribution >= 0.6 is 0 Å². The fourth-order valence-electron chi connectivity index (χ4n) is 3.61. The number of aryl methyl sites for hydroxylation is 1. The molecule has 1 aromatic rings. The van der Waals surface area contributed by atoms with Crippen molar-refractivity contribution in [2.24, 2.45) is 0 Å². The molecule has 124 valence electrons. The van der Waals surface area contributed by atoms with E-state index in [1.807, 2.05) is 31.3 Å². The van der Waals surface area contributed by atoms with Crippen LogP contribution in [0.4, 0.5) is 0 Å².